The molecule has 0 radical (unpaired) electrons. The number of nitrogens with zero attached hydrogens (tertiary/aromatic N) is 6. The third kappa shape index (κ3) is 2.52. The van der Waals surface area contributed by atoms with Crippen molar-refractivity contribution in [1.82, 2.24) is 0 Å². The third-order valence-corrected chi connectivity index (χ3v) is 2.43. The Hall–Kier alpha value is -1.91. The van der Waals surface area contributed by atoms with Gasteiger partial charge in [-0.2, -0.15) is 0 Å². The number of carbonyl (C=O) groups is 1. The molecule has 0 N–H and O–H groups in total. The zero-order valence-corrected chi connectivity index (χ0v) is 8.15. The minimum Gasteiger partial charge on any atom is -0.469 e. The fourth-order valence-corrected chi connectivity index (χ4v) is 1.73. The van der Waals surface area contributed by atoms with Crippen LogP contribution in [0.2, 0.25) is 0 Å². The standard InChI is InChI=1S/C7H10N6O2/c1-15-7(14)4-2-5(10-12-8)6(3-4)11-13-9/h4-6H,2-3H2,1H3. The molecule has 80 valence electrons. The van der Waals surface area contributed by atoms with Crippen LogP contribution >= 0.6 is 0 Å². The average Bonchev–Trinajstić information content (AvgIpc) is 2.62. The summed E-state index contributed by atoms with van der Waals surface area (Å²) in [7, 11) is 1.30. The van der Waals surface area contributed by atoms with E-state index >= 15 is 0 Å². The fraction of sp³-hybridized carbons (Fsp3) is 0.857. The summed E-state index contributed by atoms with van der Waals surface area (Å²) in [4.78, 5) is 16.5. The lowest BCUT2D eigenvalue weighted by Crippen LogP contribution is -2.13. The molecular weight excluding hydrogens is 200 g/mol. The Morgan fingerprint density at radius 1 is 1.27 bits per heavy atom. The fourth-order valence-electron chi connectivity index (χ4n) is 1.73. The van der Waals surface area contributed by atoms with Crippen molar-refractivity contribution in [3.8, 4) is 0 Å². The van der Waals surface area contributed by atoms with Gasteiger partial charge in [0.05, 0.1) is 13.0 Å². The molecular formula is C7H10N6O2. The van der Waals surface area contributed by atoms with E-state index in [4.69, 9.17) is 11.1 Å². The molecule has 0 aliphatic heterocycles. The van der Waals surface area contributed by atoms with Crippen molar-refractivity contribution >= 4 is 5.97 Å². The zero-order valence-electron chi connectivity index (χ0n) is 8.15. The number of hydrogen-bond acceptors (Lipinski definition) is 4. The summed E-state index contributed by atoms with van der Waals surface area (Å²) < 4.78 is 4.58. The van der Waals surface area contributed by atoms with Crippen molar-refractivity contribution in [1.29, 1.82) is 0 Å². The van der Waals surface area contributed by atoms with Crippen LogP contribution in [0.4, 0.5) is 0 Å². The maximum absolute atomic E-state index is 11.2. The van der Waals surface area contributed by atoms with Gasteiger partial charge in [0.1, 0.15) is 0 Å². The van der Waals surface area contributed by atoms with Gasteiger partial charge in [0, 0.05) is 21.9 Å². The molecule has 0 spiro atoms. The van der Waals surface area contributed by atoms with E-state index in [0.717, 1.165) is 0 Å². The van der Waals surface area contributed by atoms with Gasteiger partial charge in [-0.1, -0.05) is 10.2 Å². The first-order chi connectivity index (χ1) is 7.22. The lowest BCUT2D eigenvalue weighted by Gasteiger charge is -2.04. The van der Waals surface area contributed by atoms with Crippen LogP contribution in [0.5, 0.6) is 0 Å². The van der Waals surface area contributed by atoms with E-state index in [-0.39, 0.29) is 11.9 Å². The molecule has 2 atom stereocenters. The normalized spacial score (nSPS) is 28.7. The lowest BCUT2D eigenvalue weighted by atomic mass is 10.1. The molecule has 0 heterocycles. The lowest BCUT2D eigenvalue weighted by molar-refractivity contribution is -0.145. The highest BCUT2D eigenvalue weighted by atomic mass is 16.5. The van der Waals surface area contributed by atoms with Gasteiger partial charge in [-0.05, 0) is 23.9 Å². The van der Waals surface area contributed by atoms with Crippen LogP contribution in [0.25, 0.3) is 20.9 Å². The Bertz CT molecular complexity index is 317. The zero-order chi connectivity index (χ0) is 11.3. The molecule has 15 heavy (non-hydrogen) atoms. The van der Waals surface area contributed by atoms with E-state index < -0.39 is 12.1 Å². The highest BCUT2D eigenvalue weighted by molar-refractivity contribution is 5.72. The van der Waals surface area contributed by atoms with E-state index in [0.29, 0.717) is 12.8 Å². The Kier molecular flexibility index (Phi) is 3.79. The van der Waals surface area contributed by atoms with Crippen molar-refractivity contribution in [3.63, 3.8) is 0 Å². The predicted octanol–water partition coefficient (Wildman–Crippen LogP) is 1.93. The molecule has 0 aromatic carbocycles. The van der Waals surface area contributed by atoms with E-state index in [1.165, 1.54) is 7.11 Å². The van der Waals surface area contributed by atoms with Crippen LogP contribution in [0, 0.1) is 5.92 Å². The second-order valence-corrected chi connectivity index (χ2v) is 3.24. The SMILES string of the molecule is COC(=O)C1CC(N=[N+]=[N-])C(N=[N+]=[N-])C1. The first kappa shape index (κ1) is 11.2. The molecule has 1 aliphatic carbocycles. The number of rotatable bonds is 3. The van der Waals surface area contributed by atoms with Crippen LogP contribution < -0.4 is 0 Å². The molecule has 0 amide bonds. The maximum Gasteiger partial charge on any atom is 0.308 e. The number of methoxy groups -OCH3 is 1. The van der Waals surface area contributed by atoms with Crippen LogP contribution in [0.15, 0.2) is 10.2 Å². The van der Waals surface area contributed by atoms with Gasteiger partial charge in [0.15, 0.2) is 0 Å². The average molecular weight is 210 g/mol. The second-order valence-electron chi connectivity index (χ2n) is 3.24. The quantitative estimate of drug-likeness (QED) is 0.305. The topological polar surface area (TPSA) is 124 Å². The number of carbonyl (C=O) groups excluding carboxylic acids is 1. The molecule has 2 unspecified atom stereocenters. The first-order valence-corrected chi connectivity index (χ1v) is 4.39. The summed E-state index contributed by atoms with van der Waals surface area (Å²) in [5.74, 6) is -0.704. The molecule has 1 aliphatic rings. The van der Waals surface area contributed by atoms with Crippen molar-refractivity contribution in [2.75, 3.05) is 7.11 Å². The van der Waals surface area contributed by atoms with Crippen LogP contribution in [-0.4, -0.2) is 25.2 Å². The molecule has 0 aromatic heterocycles. The first-order valence-electron chi connectivity index (χ1n) is 4.39. The van der Waals surface area contributed by atoms with Gasteiger partial charge in [-0.25, -0.2) is 0 Å². The summed E-state index contributed by atoms with van der Waals surface area (Å²) in [5.41, 5.74) is 16.6. The summed E-state index contributed by atoms with van der Waals surface area (Å²) in [6, 6.07) is -0.898. The Labute approximate surface area is 85.5 Å². The largest absolute Gasteiger partial charge is 0.469 e. The molecule has 0 saturated heterocycles. The van der Waals surface area contributed by atoms with Crippen LogP contribution in [0.3, 0.4) is 0 Å². The van der Waals surface area contributed by atoms with Crippen LogP contribution in [0.1, 0.15) is 12.8 Å². The summed E-state index contributed by atoms with van der Waals surface area (Å²) >= 11 is 0. The van der Waals surface area contributed by atoms with Crippen molar-refractivity contribution in [2.45, 2.75) is 24.9 Å². The number of azide groups is 2. The van der Waals surface area contributed by atoms with Gasteiger partial charge in [-0.15, -0.1) is 0 Å². The minimum absolute atomic E-state index is 0.346. The van der Waals surface area contributed by atoms with Gasteiger partial charge >= 0.3 is 5.97 Å². The molecule has 1 fully saturated rings. The highest BCUT2D eigenvalue weighted by Gasteiger charge is 2.37. The van der Waals surface area contributed by atoms with Gasteiger partial charge < -0.3 is 4.74 Å². The van der Waals surface area contributed by atoms with Crippen LogP contribution in [-0.2, 0) is 9.53 Å². The molecule has 8 heteroatoms. The molecule has 0 bridgehead atoms. The van der Waals surface area contributed by atoms with Gasteiger partial charge in [0.25, 0.3) is 0 Å². The smallest absolute Gasteiger partial charge is 0.308 e. The molecule has 1 rings (SSSR count). The predicted molar refractivity (Wildman–Crippen MR) is 50.6 cm³/mol. The third-order valence-electron chi connectivity index (χ3n) is 2.43. The van der Waals surface area contributed by atoms with E-state index in [1.54, 1.807) is 0 Å². The molecule has 8 nitrogen and oxygen atoms in total. The number of hydrogen-bond donors (Lipinski definition) is 0. The Balaban J connectivity index is 2.77. The Morgan fingerprint density at radius 3 is 2.07 bits per heavy atom. The highest BCUT2D eigenvalue weighted by Crippen LogP contribution is 2.31. The Morgan fingerprint density at radius 2 is 1.73 bits per heavy atom. The number of ether oxygens (including phenoxy) is 1. The maximum atomic E-state index is 11.2. The monoisotopic (exact) mass is 210 g/mol. The van der Waals surface area contributed by atoms with E-state index in [1.807, 2.05) is 0 Å². The molecule has 1 saturated carbocycles. The second kappa shape index (κ2) is 5.09. The van der Waals surface area contributed by atoms with Crippen molar-refractivity contribution in [3.05, 3.63) is 20.9 Å². The van der Waals surface area contributed by atoms with E-state index in [9.17, 15) is 4.79 Å². The number of esters is 1. The van der Waals surface area contributed by atoms with Crippen molar-refractivity contribution < 1.29 is 9.53 Å². The summed E-state index contributed by atoms with van der Waals surface area (Å²) in [5, 5.41) is 7.00. The van der Waals surface area contributed by atoms with Gasteiger partial charge in [0.2, 0.25) is 0 Å². The molecule has 0 aromatic rings. The minimum atomic E-state index is -0.449. The van der Waals surface area contributed by atoms with Gasteiger partial charge in [-0.3, -0.25) is 4.79 Å². The summed E-state index contributed by atoms with van der Waals surface area (Å²) in [6.07, 6.45) is 0.751. The van der Waals surface area contributed by atoms with Crippen molar-refractivity contribution in [2.24, 2.45) is 16.1 Å². The summed E-state index contributed by atoms with van der Waals surface area (Å²) in [6.45, 7) is 0. The van der Waals surface area contributed by atoms with E-state index in [2.05, 4.69) is 24.8 Å².